The highest BCUT2D eigenvalue weighted by Gasteiger charge is 2.49. The molecule has 8 rings (SSSR count). The van der Waals surface area contributed by atoms with E-state index in [0.717, 1.165) is 34.4 Å². The van der Waals surface area contributed by atoms with Crippen molar-refractivity contribution in [2.75, 3.05) is 13.6 Å². The first-order valence-electron chi connectivity index (χ1n) is 22.7. The van der Waals surface area contributed by atoms with Crippen LogP contribution in [0.5, 0.6) is 23.0 Å². The number of aryl methyl sites for hydroxylation is 2. The number of esters is 6. The molecule has 4 aromatic rings. The Labute approximate surface area is 388 Å². The Morgan fingerprint density at radius 3 is 1.21 bits per heavy atom. The molecule has 2 saturated carbocycles. The maximum atomic E-state index is 14.1. The minimum absolute atomic E-state index is 0.119. The van der Waals surface area contributed by atoms with Gasteiger partial charge in [-0.15, -0.1) is 0 Å². The highest BCUT2D eigenvalue weighted by atomic mass is 16.7. The fourth-order valence-electron chi connectivity index (χ4n) is 9.83. The third-order valence-electron chi connectivity index (χ3n) is 13.2. The van der Waals surface area contributed by atoms with Crippen LogP contribution in [0.2, 0.25) is 0 Å². The van der Waals surface area contributed by atoms with Gasteiger partial charge in [-0.05, 0) is 160 Å². The molecule has 0 N–H and O–H groups in total. The van der Waals surface area contributed by atoms with Crippen LogP contribution in [0, 0.1) is 11.8 Å². The SMILES string of the molecule is C=CC(=O)OCOC1CCC(C(=O)Oc2ccc(OC(=O)c3cccc4c3C3(CC4)CCc4cccc(C(=O)Oc5ccc(OC(=O)C6CCC(OCOC(=O)C=C)CC6)cc5)c43)cc2)CC1. The van der Waals surface area contributed by atoms with Crippen LogP contribution in [-0.2, 0) is 56.4 Å². The number of hydrogen-bond acceptors (Lipinski definition) is 14. The summed E-state index contributed by atoms with van der Waals surface area (Å²) in [5.74, 6) is -2.30. The van der Waals surface area contributed by atoms with E-state index in [1.54, 1.807) is 60.7 Å². The van der Waals surface area contributed by atoms with E-state index in [1.807, 2.05) is 24.3 Å². The van der Waals surface area contributed by atoms with Crippen LogP contribution in [-0.4, -0.2) is 61.6 Å². The van der Waals surface area contributed by atoms with Gasteiger partial charge in [0.1, 0.15) is 23.0 Å². The van der Waals surface area contributed by atoms with Gasteiger partial charge in [0, 0.05) is 17.6 Å². The zero-order valence-electron chi connectivity index (χ0n) is 37.1. The summed E-state index contributed by atoms with van der Waals surface area (Å²) in [6.07, 6.45) is 9.50. The lowest BCUT2D eigenvalue weighted by Crippen LogP contribution is -2.29. The molecular weight excluding hydrogens is 861 g/mol. The Hall–Kier alpha value is -6.90. The van der Waals surface area contributed by atoms with Crippen molar-refractivity contribution in [3.05, 3.63) is 144 Å². The van der Waals surface area contributed by atoms with E-state index in [2.05, 4.69) is 13.2 Å². The van der Waals surface area contributed by atoms with Gasteiger partial charge in [-0.25, -0.2) is 19.2 Å². The van der Waals surface area contributed by atoms with Gasteiger partial charge in [-0.3, -0.25) is 9.59 Å². The average molecular weight is 913 g/mol. The smallest absolute Gasteiger partial charge is 0.343 e. The van der Waals surface area contributed by atoms with Crippen LogP contribution < -0.4 is 18.9 Å². The first kappa shape index (κ1) is 46.6. The molecule has 2 fully saturated rings. The van der Waals surface area contributed by atoms with Gasteiger partial charge in [-0.2, -0.15) is 0 Å². The topological polar surface area (TPSA) is 176 Å². The fraction of sp³-hybridized carbons (Fsp3) is 0.358. The maximum Gasteiger partial charge on any atom is 0.343 e. The highest BCUT2D eigenvalue weighted by molar-refractivity contribution is 5.97. The largest absolute Gasteiger partial charge is 0.435 e. The van der Waals surface area contributed by atoms with E-state index < -0.39 is 29.3 Å². The van der Waals surface area contributed by atoms with E-state index >= 15 is 0 Å². The van der Waals surface area contributed by atoms with Crippen LogP contribution in [0.15, 0.2) is 110 Å². The molecule has 0 saturated heterocycles. The monoisotopic (exact) mass is 912 g/mol. The molecule has 4 aliphatic rings. The van der Waals surface area contributed by atoms with Crippen molar-refractivity contribution in [1.29, 1.82) is 0 Å². The normalized spacial score (nSPS) is 21.5. The quantitative estimate of drug-likeness (QED) is 0.0452. The summed E-state index contributed by atoms with van der Waals surface area (Å²) in [5, 5.41) is 0. The van der Waals surface area contributed by atoms with Gasteiger partial charge in [-0.1, -0.05) is 37.4 Å². The van der Waals surface area contributed by atoms with Crippen molar-refractivity contribution >= 4 is 35.8 Å². The summed E-state index contributed by atoms with van der Waals surface area (Å²) >= 11 is 0. The van der Waals surface area contributed by atoms with Crippen LogP contribution in [0.4, 0.5) is 0 Å². The number of hydrogen-bond donors (Lipinski definition) is 0. The third-order valence-corrected chi connectivity index (χ3v) is 13.2. The van der Waals surface area contributed by atoms with Crippen LogP contribution in [0.3, 0.4) is 0 Å². The molecule has 4 aromatic carbocycles. The molecule has 67 heavy (non-hydrogen) atoms. The number of carbonyl (C=O) groups excluding carboxylic acids is 6. The molecule has 0 aliphatic heterocycles. The summed E-state index contributed by atoms with van der Waals surface area (Å²) in [4.78, 5) is 76.6. The van der Waals surface area contributed by atoms with Gasteiger partial charge >= 0.3 is 35.8 Å². The molecule has 0 heterocycles. The number of benzene rings is 4. The van der Waals surface area contributed by atoms with Crippen molar-refractivity contribution in [1.82, 2.24) is 0 Å². The molecule has 0 atom stereocenters. The Kier molecular flexibility index (Phi) is 14.7. The second kappa shape index (κ2) is 21.2. The van der Waals surface area contributed by atoms with E-state index in [0.29, 0.717) is 99.7 Å². The number of fused-ring (bicyclic) bond motifs is 4. The van der Waals surface area contributed by atoms with Crippen molar-refractivity contribution in [3.63, 3.8) is 0 Å². The lowest BCUT2D eigenvalue weighted by molar-refractivity contribution is -0.159. The lowest BCUT2D eigenvalue weighted by Gasteiger charge is -2.30. The van der Waals surface area contributed by atoms with Gasteiger partial charge < -0.3 is 37.9 Å². The third kappa shape index (κ3) is 10.9. The Bertz CT molecular complexity index is 2330. The molecule has 0 amide bonds. The Balaban J connectivity index is 0.874. The molecule has 348 valence electrons. The second-order valence-electron chi connectivity index (χ2n) is 17.2. The van der Waals surface area contributed by atoms with Gasteiger partial charge in [0.15, 0.2) is 13.6 Å². The Morgan fingerprint density at radius 1 is 0.493 bits per heavy atom. The minimum Gasteiger partial charge on any atom is -0.435 e. The Morgan fingerprint density at radius 2 is 0.851 bits per heavy atom. The first-order chi connectivity index (χ1) is 32.5. The lowest BCUT2D eigenvalue weighted by atomic mass is 9.73. The molecule has 4 aliphatic carbocycles. The summed E-state index contributed by atoms with van der Waals surface area (Å²) in [6, 6.07) is 23.9. The summed E-state index contributed by atoms with van der Waals surface area (Å²) in [5.41, 5.74) is 3.94. The van der Waals surface area contributed by atoms with Crippen molar-refractivity contribution in [2.45, 2.75) is 94.7 Å². The van der Waals surface area contributed by atoms with Crippen LogP contribution in [0.1, 0.15) is 107 Å². The fourth-order valence-corrected chi connectivity index (χ4v) is 9.83. The van der Waals surface area contributed by atoms with Crippen molar-refractivity contribution in [2.24, 2.45) is 11.8 Å². The predicted molar refractivity (Wildman–Crippen MR) is 240 cm³/mol. The van der Waals surface area contributed by atoms with E-state index in [9.17, 15) is 28.8 Å². The second-order valence-corrected chi connectivity index (χ2v) is 17.2. The van der Waals surface area contributed by atoms with Gasteiger partial charge in [0.2, 0.25) is 0 Å². The van der Waals surface area contributed by atoms with Crippen molar-refractivity contribution < 1.29 is 66.7 Å². The predicted octanol–water partition coefficient (Wildman–Crippen LogP) is 8.64. The van der Waals surface area contributed by atoms with Crippen LogP contribution in [0.25, 0.3) is 0 Å². The number of rotatable bonds is 16. The summed E-state index contributed by atoms with van der Waals surface area (Å²) < 4.78 is 44.2. The van der Waals surface area contributed by atoms with E-state index in [-0.39, 0.29) is 61.1 Å². The summed E-state index contributed by atoms with van der Waals surface area (Å²) in [6.45, 7) is 6.39. The molecule has 0 bridgehead atoms. The molecule has 14 nitrogen and oxygen atoms in total. The zero-order chi connectivity index (χ0) is 46.9. The maximum absolute atomic E-state index is 14.1. The number of carbonyl (C=O) groups is 6. The zero-order valence-corrected chi connectivity index (χ0v) is 37.1. The standard InChI is InChI=1S/C53H52O14/c1-3-45(54)62-31-60-37-15-11-35(12-16-37)49(56)64-39-19-23-41(24-20-39)66-51(58)43-9-5-7-33-27-29-53(47(33)43)30-28-34-8-6-10-44(48(34)53)52(59)67-42-25-21-40(22-26-42)65-50(57)36-13-17-38(18-14-36)61-32-63-46(55)4-2/h3-10,19-26,35-38H,1-2,11-18,27-32H2. The first-order valence-corrected chi connectivity index (χ1v) is 22.7. The molecule has 14 heteroatoms. The summed E-state index contributed by atoms with van der Waals surface area (Å²) in [7, 11) is 0. The average Bonchev–Trinajstić information content (AvgIpc) is 3.93. The van der Waals surface area contributed by atoms with E-state index in [4.69, 9.17) is 37.9 Å². The highest BCUT2D eigenvalue weighted by Crippen LogP contribution is 2.54. The van der Waals surface area contributed by atoms with E-state index in [1.165, 1.54) is 0 Å². The number of ether oxygens (including phenoxy) is 8. The molecule has 0 radical (unpaired) electrons. The molecule has 0 aromatic heterocycles. The van der Waals surface area contributed by atoms with Crippen LogP contribution >= 0.6 is 0 Å². The van der Waals surface area contributed by atoms with Crippen molar-refractivity contribution in [3.8, 4) is 23.0 Å². The molecule has 1 spiro atoms. The molecule has 0 unspecified atom stereocenters. The van der Waals surface area contributed by atoms with Gasteiger partial charge in [0.25, 0.3) is 0 Å². The molecular formula is C53H52O14. The van der Waals surface area contributed by atoms with Gasteiger partial charge in [0.05, 0.1) is 35.2 Å². The minimum atomic E-state index is -0.626.